The molecule has 0 radical (unpaired) electrons. The third kappa shape index (κ3) is 36.9. The number of unbranched alkanes of at least 4 members (excludes halogenated alkanes) is 1. The second-order valence-corrected chi connectivity index (χ2v) is 28.6. The number of phosphoric acid groups is 3. The van der Waals surface area contributed by atoms with Crippen molar-refractivity contribution in [2.45, 2.75) is 171 Å². The highest BCUT2D eigenvalue weighted by molar-refractivity contribution is 7.49. The number of hydrogen-bond donors (Lipinski definition) is 0. The SMILES string of the molecule is CCOCC(C)COP(=O)(OCCOc1ccc(C(OC)OC)cc1)OC(C)(C)C.CCOCC(C)COP(=O)(OCCOc1ccc(C(OC)OC)cc1)OC(C)(C)C.COc1ccc(C2OCC(CCCCOP(=O)(OC(C)C)OC(C)(C)C)O2)cc1. The van der Waals surface area contributed by atoms with Crippen LogP contribution in [0.1, 0.15) is 159 Å². The Bertz CT molecular complexity index is 2330. The highest BCUT2D eigenvalue weighted by Crippen LogP contribution is 2.55. The van der Waals surface area contributed by atoms with Gasteiger partial charge in [-0.25, -0.2) is 13.7 Å². The first-order valence-corrected chi connectivity index (χ1v) is 34.7. The molecule has 1 saturated heterocycles. The molecule has 0 aromatic heterocycles. The van der Waals surface area contributed by atoms with Crippen molar-refractivity contribution in [3.63, 3.8) is 0 Å². The molecule has 1 aliphatic rings. The standard InChI is InChI=1S/2C21H37O8P.C21H35O7P/c2*1-8-25-15-17(2)16-28-30(22,29-21(3,4)5)27-14-13-26-19-11-9-18(10-12-19)20(23-6)24-7;1-16(2)27-29(22,28-21(3,4)5)25-14-8-7-9-19-15-24-20(26-19)17-10-12-18(23-6)13-11-17/h2*9-12,17,20H,8,13-16H2,1-7H3;10-13,16,19-20H,7-9,14-15H2,1-6H3. The largest absolute Gasteiger partial charge is 0.497 e. The van der Waals surface area contributed by atoms with Gasteiger partial charge >= 0.3 is 23.5 Å². The third-order valence-corrected chi connectivity index (χ3v) is 16.8. The van der Waals surface area contributed by atoms with E-state index in [-0.39, 0.29) is 70.0 Å². The van der Waals surface area contributed by atoms with Gasteiger partial charge in [0.2, 0.25) is 0 Å². The van der Waals surface area contributed by atoms with E-state index in [1.165, 1.54) is 0 Å². The van der Waals surface area contributed by atoms with Gasteiger partial charge in [-0.2, -0.15) is 0 Å². The van der Waals surface area contributed by atoms with E-state index in [9.17, 15) is 13.7 Å². The summed E-state index contributed by atoms with van der Waals surface area (Å²) in [6.45, 7) is 31.6. The van der Waals surface area contributed by atoms with Crippen LogP contribution in [-0.2, 0) is 92.3 Å². The Balaban J connectivity index is 0.000000455. The van der Waals surface area contributed by atoms with Crippen molar-refractivity contribution in [1.29, 1.82) is 0 Å². The first kappa shape index (κ1) is 82.2. The molecule has 0 aliphatic carbocycles. The van der Waals surface area contributed by atoms with Gasteiger partial charge in [0.05, 0.1) is 89.0 Å². The number of benzene rings is 3. The molecule has 0 bridgehead atoms. The van der Waals surface area contributed by atoms with Crippen LogP contribution in [0.4, 0.5) is 0 Å². The normalized spacial score (nSPS) is 17.4. The van der Waals surface area contributed by atoms with Crippen molar-refractivity contribution < 1.29 is 107 Å². The zero-order valence-electron chi connectivity index (χ0n) is 56.8. The minimum atomic E-state index is -3.75. The molecule has 7 atom stereocenters. The van der Waals surface area contributed by atoms with Crippen LogP contribution < -0.4 is 14.2 Å². The van der Waals surface area contributed by atoms with E-state index in [1.807, 2.05) is 97.0 Å². The first-order valence-electron chi connectivity index (χ1n) is 30.3. The lowest BCUT2D eigenvalue weighted by atomic mass is 10.2. The second kappa shape index (κ2) is 42.4. The summed E-state index contributed by atoms with van der Waals surface area (Å²) in [7, 11) is -3.13. The van der Waals surface area contributed by atoms with E-state index in [0.29, 0.717) is 51.1 Å². The lowest BCUT2D eigenvalue weighted by molar-refractivity contribution is -0.106. The summed E-state index contributed by atoms with van der Waals surface area (Å²) in [5.74, 6) is 2.21. The summed E-state index contributed by atoms with van der Waals surface area (Å²) >= 11 is 0. The molecule has 7 unspecified atom stereocenters. The molecule has 0 amide bonds. The maximum Gasteiger partial charge on any atom is 0.475 e. The van der Waals surface area contributed by atoms with E-state index in [1.54, 1.807) is 115 Å². The quantitative estimate of drug-likeness (QED) is 0.0292. The lowest BCUT2D eigenvalue weighted by Gasteiger charge is -2.27. The molecule has 3 aromatic rings. The van der Waals surface area contributed by atoms with Crippen LogP contribution in [0.5, 0.6) is 17.2 Å². The lowest BCUT2D eigenvalue weighted by Crippen LogP contribution is -2.21. The average Bonchev–Trinajstić information content (AvgIpc) is 4.19. The Morgan fingerprint density at radius 2 is 0.876 bits per heavy atom. The Hall–Kier alpha value is -2.93. The molecule has 0 saturated carbocycles. The van der Waals surface area contributed by atoms with Crippen molar-refractivity contribution in [2.75, 3.05) is 115 Å². The number of hydrogen-bond acceptors (Lipinski definition) is 23. The fraction of sp³-hybridized carbons (Fsp3) is 0.714. The van der Waals surface area contributed by atoms with Crippen LogP contribution in [0, 0.1) is 11.8 Å². The Labute approximate surface area is 532 Å². The first-order chi connectivity index (χ1) is 41.8. The van der Waals surface area contributed by atoms with E-state index in [2.05, 4.69) is 0 Å². The van der Waals surface area contributed by atoms with Crippen LogP contribution in [0.25, 0.3) is 0 Å². The molecule has 23 nitrogen and oxygen atoms in total. The van der Waals surface area contributed by atoms with E-state index in [0.717, 1.165) is 41.7 Å². The molecule has 1 fully saturated rings. The van der Waals surface area contributed by atoms with Gasteiger partial charge in [0.15, 0.2) is 18.9 Å². The number of rotatable bonds is 41. The number of methoxy groups -OCH3 is 5. The van der Waals surface area contributed by atoms with Gasteiger partial charge < -0.3 is 52.1 Å². The summed E-state index contributed by atoms with van der Waals surface area (Å²) in [5, 5.41) is 0. The predicted octanol–water partition coefficient (Wildman–Crippen LogP) is 15.6. The van der Waals surface area contributed by atoms with E-state index >= 15 is 0 Å². The van der Waals surface area contributed by atoms with Crippen LogP contribution in [0.3, 0.4) is 0 Å². The number of phosphoric ester groups is 3. The molecule has 514 valence electrons. The van der Waals surface area contributed by atoms with Gasteiger partial charge in [0, 0.05) is 70.2 Å². The Morgan fingerprint density at radius 3 is 1.25 bits per heavy atom. The minimum absolute atomic E-state index is 0.0339. The highest BCUT2D eigenvalue weighted by Gasteiger charge is 2.36. The summed E-state index contributed by atoms with van der Waals surface area (Å²) in [5.41, 5.74) is 0.740. The van der Waals surface area contributed by atoms with Crippen molar-refractivity contribution in [1.82, 2.24) is 0 Å². The molecule has 1 aliphatic heterocycles. The Kier molecular flexibility index (Phi) is 39.1. The average molecular weight is 1330 g/mol. The molecule has 26 heteroatoms. The zero-order chi connectivity index (χ0) is 66.7. The van der Waals surface area contributed by atoms with E-state index in [4.69, 9.17) is 92.8 Å². The maximum atomic E-state index is 13.0. The van der Waals surface area contributed by atoms with Gasteiger partial charge in [0.25, 0.3) is 0 Å². The van der Waals surface area contributed by atoms with Crippen LogP contribution >= 0.6 is 23.5 Å². The highest BCUT2D eigenvalue weighted by atomic mass is 31.2. The van der Waals surface area contributed by atoms with Gasteiger partial charge in [-0.3, -0.25) is 40.7 Å². The second-order valence-electron chi connectivity index (χ2n) is 23.9. The van der Waals surface area contributed by atoms with Gasteiger partial charge in [-0.1, -0.05) is 50.2 Å². The number of ether oxygens (including phenoxy) is 11. The summed E-state index contributed by atoms with van der Waals surface area (Å²) in [6.07, 6.45) is 1.02. The van der Waals surface area contributed by atoms with Gasteiger partial charge in [-0.15, -0.1) is 0 Å². The molecule has 0 spiro atoms. The van der Waals surface area contributed by atoms with Crippen LogP contribution in [-0.4, -0.2) is 144 Å². The summed E-state index contributed by atoms with van der Waals surface area (Å²) in [6, 6.07) is 22.3. The topological polar surface area (TPSA) is 236 Å². The van der Waals surface area contributed by atoms with E-state index < -0.39 is 52.9 Å². The third-order valence-electron chi connectivity index (χ3n) is 11.4. The monoisotopic (exact) mass is 1330 g/mol. The molecular weight excluding hydrogens is 1220 g/mol. The van der Waals surface area contributed by atoms with Crippen LogP contribution in [0.15, 0.2) is 72.8 Å². The van der Waals surface area contributed by atoms with Crippen molar-refractivity contribution in [3.8, 4) is 17.2 Å². The maximum absolute atomic E-state index is 13.0. The van der Waals surface area contributed by atoms with Crippen LogP contribution in [0.2, 0.25) is 0 Å². The summed E-state index contributed by atoms with van der Waals surface area (Å²) < 4.78 is 148. The minimum Gasteiger partial charge on any atom is -0.497 e. The zero-order valence-corrected chi connectivity index (χ0v) is 59.5. The van der Waals surface area contributed by atoms with Crippen molar-refractivity contribution in [2.24, 2.45) is 11.8 Å². The van der Waals surface area contributed by atoms with Crippen molar-refractivity contribution in [3.05, 3.63) is 89.5 Å². The molecule has 89 heavy (non-hydrogen) atoms. The Morgan fingerprint density at radius 1 is 0.483 bits per heavy atom. The molecule has 0 N–H and O–H groups in total. The molecule has 3 aromatic carbocycles. The smallest absolute Gasteiger partial charge is 0.475 e. The predicted molar refractivity (Wildman–Crippen MR) is 340 cm³/mol. The molecular formula is C63H109O23P3. The summed E-state index contributed by atoms with van der Waals surface area (Å²) in [4.78, 5) is 0. The van der Waals surface area contributed by atoms with Gasteiger partial charge in [-0.05, 0) is 146 Å². The fourth-order valence-corrected chi connectivity index (χ4v) is 12.5. The molecule has 4 rings (SSSR count). The van der Waals surface area contributed by atoms with Crippen molar-refractivity contribution >= 4 is 23.5 Å². The molecule has 1 heterocycles. The van der Waals surface area contributed by atoms with Gasteiger partial charge in [0.1, 0.15) is 30.5 Å². The fourth-order valence-electron chi connectivity index (χ4n) is 7.68.